The molecule has 0 spiro atoms. The van der Waals surface area contributed by atoms with Gasteiger partial charge in [0.1, 0.15) is 0 Å². The molecule has 0 aromatic rings. The summed E-state index contributed by atoms with van der Waals surface area (Å²) < 4.78 is 5.21. The van der Waals surface area contributed by atoms with E-state index in [0.29, 0.717) is 19.6 Å². The fourth-order valence-electron chi connectivity index (χ4n) is 1.99. The minimum absolute atomic E-state index is 0.00338. The molecule has 1 unspecified atom stereocenters. The highest BCUT2D eigenvalue weighted by atomic mass is 16.5. The van der Waals surface area contributed by atoms with Crippen molar-refractivity contribution in [2.24, 2.45) is 11.1 Å². The van der Waals surface area contributed by atoms with Crippen LogP contribution in [-0.4, -0.2) is 43.3 Å². The molecule has 1 aliphatic heterocycles. The van der Waals surface area contributed by atoms with Gasteiger partial charge in [-0.2, -0.15) is 0 Å². The van der Waals surface area contributed by atoms with E-state index in [0.717, 1.165) is 19.5 Å². The van der Waals surface area contributed by atoms with Crippen LogP contribution in [0.2, 0.25) is 0 Å². The minimum atomic E-state index is -0.0731. The number of carbonyl (C=O) groups excluding carboxylic acids is 1. The van der Waals surface area contributed by atoms with E-state index in [2.05, 4.69) is 26.2 Å². The molecule has 0 radical (unpaired) electrons. The summed E-state index contributed by atoms with van der Waals surface area (Å²) in [4.78, 5) is 11.7. The van der Waals surface area contributed by atoms with Crippen molar-refractivity contribution in [3.8, 4) is 0 Å². The van der Waals surface area contributed by atoms with Gasteiger partial charge in [0.15, 0.2) is 0 Å². The maximum atomic E-state index is 11.7. The van der Waals surface area contributed by atoms with Gasteiger partial charge in [0.05, 0.1) is 13.2 Å². The van der Waals surface area contributed by atoms with Crippen LogP contribution >= 0.6 is 0 Å². The van der Waals surface area contributed by atoms with Crippen LogP contribution in [0.1, 0.15) is 33.6 Å². The molecule has 5 nitrogen and oxygen atoms in total. The summed E-state index contributed by atoms with van der Waals surface area (Å²) >= 11 is 0. The first-order valence-electron chi connectivity index (χ1n) is 6.24. The third-order valence-electron chi connectivity index (χ3n) is 2.62. The highest BCUT2D eigenvalue weighted by Gasteiger charge is 2.19. The lowest BCUT2D eigenvalue weighted by Crippen LogP contribution is -2.49. The van der Waals surface area contributed by atoms with Crippen molar-refractivity contribution >= 4 is 5.91 Å². The van der Waals surface area contributed by atoms with Crippen LogP contribution in [-0.2, 0) is 9.53 Å². The van der Waals surface area contributed by atoms with Gasteiger partial charge in [0.2, 0.25) is 5.91 Å². The van der Waals surface area contributed by atoms with Gasteiger partial charge in [0.25, 0.3) is 0 Å². The van der Waals surface area contributed by atoms with Crippen molar-refractivity contribution in [1.82, 2.24) is 10.4 Å². The molecule has 1 saturated heterocycles. The molecular weight excluding hydrogens is 218 g/mol. The van der Waals surface area contributed by atoms with Crippen molar-refractivity contribution < 1.29 is 9.53 Å². The Morgan fingerprint density at radius 1 is 1.41 bits per heavy atom. The molecule has 100 valence electrons. The third kappa shape index (κ3) is 6.61. The molecule has 0 bridgehead atoms. The average Bonchev–Trinajstić information content (AvgIpc) is 2.15. The number of carbonyl (C=O) groups is 1. The number of amides is 1. The molecule has 5 heteroatoms. The van der Waals surface area contributed by atoms with Gasteiger partial charge < -0.3 is 10.5 Å². The summed E-state index contributed by atoms with van der Waals surface area (Å²) in [5.41, 5.74) is 9.00. The molecule has 0 aliphatic carbocycles. The number of morpholine rings is 1. The molecule has 0 saturated carbocycles. The van der Waals surface area contributed by atoms with E-state index in [9.17, 15) is 4.79 Å². The van der Waals surface area contributed by atoms with Crippen LogP contribution in [0.5, 0.6) is 0 Å². The Labute approximate surface area is 104 Å². The predicted molar refractivity (Wildman–Crippen MR) is 67.2 cm³/mol. The highest BCUT2D eigenvalue weighted by Crippen LogP contribution is 2.20. The van der Waals surface area contributed by atoms with E-state index < -0.39 is 0 Å². The van der Waals surface area contributed by atoms with Crippen molar-refractivity contribution in [3.63, 3.8) is 0 Å². The van der Waals surface area contributed by atoms with Gasteiger partial charge in [-0.05, 0) is 11.8 Å². The van der Waals surface area contributed by atoms with Gasteiger partial charge in [-0.3, -0.25) is 10.2 Å². The number of nitrogens with one attached hydrogen (secondary N) is 1. The number of nitrogens with zero attached hydrogens (tertiary/aromatic N) is 1. The zero-order valence-corrected chi connectivity index (χ0v) is 11.2. The molecular formula is C12H25N3O2. The summed E-state index contributed by atoms with van der Waals surface area (Å²) in [5, 5.41) is 1.90. The van der Waals surface area contributed by atoms with Crippen molar-refractivity contribution in [2.45, 2.75) is 39.7 Å². The molecule has 1 atom stereocenters. The van der Waals surface area contributed by atoms with E-state index in [1.165, 1.54) is 0 Å². The Morgan fingerprint density at radius 2 is 2.00 bits per heavy atom. The average molecular weight is 243 g/mol. The first-order chi connectivity index (χ1) is 7.87. The molecule has 1 rings (SSSR count). The second-order valence-corrected chi connectivity index (χ2v) is 5.86. The van der Waals surface area contributed by atoms with Crippen LogP contribution in [0.25, 0.3) is 0 Å². The van der Waals surface area contributed by atoms with Crippen molar-refractivity contribution in [1.29, 1.82) is 0 Å². The van der Waals surface area contributed by atoms with Gasteiger partial charge in [-0.25, -0.2) is 5.01 Å². The van der Waals surface area contributed by atoms with Crippen LogP contribution in [0.4, 0.5) is 0 Å². The van der Waals surface area contributed by atoms with Crippen molar-refractivity contribution in [2.75, 3.05) is 26.3 Å². The zero-order chi connectivity index (χ0) is 12.9. The zero-order valence-electron chi connectivity index (χ0n) is 11.2. The first-order valence-corrected chi connectivity index (χ1v) is 6.24. The lowest BCUT2D eigenvalue weighted by Gasteiger charge is -2.28. The van der Waals surface area contributed by atoms with Gasteiger partial charge in [0, 0.05) is 25.6 Å². The van der Waals surface area contributed by atoms with Gasteiger partial charge in [-0.1, -0.05) is 20.8 Å². The van der Waals surface area contributed by atoms with Crippen LogP contribution in [0.15, 0.2) is 0 Å². The maximum Gasteiger partial charge on any atom is 0.235 e. The van der Waals surface area contributed by atoms with Crippen LogP contribution in [0, 0.1) is 5.41 Å². The van der Waals surface area contributed by atoms with Gasteiger partial charge in [-0.15, -0.1) is 0 Å². The van der Waals surface area contributed by atoms with E-state index in [1.54, 1.807) is 0 Å². The van der Waals surface area contributed by atoms with E-state index in [-0.39, 0.29) is 17.4 Å². The molecule has 1 heterocycles. The molecule has 17 heavy (non-hydrogen) atoms. The number of rotatable bonds is 4. The maximum absolute atomic E-state index is 11.7. The smallest absolute Gasteiger partial charge is 0.235 e. The summed E-state index contributed by atoms with van der Waals surface area (Å²) in [6, 6.07) is -0.0731. The molecule has 0 aromatic carbocycles. The Morgan fingerprint density at radius 3 is 2.53 bits per heavy atom. The van der Waals surface area contributed by atoms with Crippen LogP contribution < -0.4 is 11.2 Å². The molecule has 1 amide bonds. The van der Waals surface area contributed by atoms with E-state index in [4.69, 9.17) is 10.5 Å². The molecule has 0 aromatic heterocycles. The normalized spacial score (nSPS) is 20.0. The Hall–Kier alpha value is -0.650. The van der Waals surface area contributed by atoms with Gasteiger partial charge >= 0.3 is 0 Å². The fourth-order valence-corrected chi connectivity index (χ4v) is 1.99. The fraction of sp³-hybridized carbons (Fsp3) is 0.917. The topological polar surface area (TPSA) is 67.6 Å². The lowest BCUT2D eigenvalue weighted by atomic mass is 9.87. The number of hydrazine groups is 1. The second kappa shape index (κ2) is 6.33. The largest absolute Gasteiger partial charge is 0.379 e. The first kappa shape index (κ1) is 14.4. The number of ether oxygens (including phenoxy) is 1. The Balaban J connectivity index is 2.23. The molecule has 1 fully saturated rings. The quantitative estimate of drug-likeness (QED) is 0.754. The Kier molecular flexibility index (Phi) is 5.36. The molecule has 1 aliphatic rings. The second-order valence-electron chi connectivity index (χ2n) is 5.86. The van der Waals surface area contributed by atoms with E-state index >= 15 is 0 Å². The van der Waals surface area contributed by atoms with E-state index in [1.807, 2.05) is 5.01 Å². The summed E-state index contributed by atoms with van der Waals surface area (Å²) in [7, 11) is 0. The monoisotopic (exact) mass is 243 g/mol. The predicted octanol–water partition coefficient (Wildman–Crippen LogP) is 0.503. The summed E-state index contributed by atoms with van der Waals surface area (Å²) in [5.74, 6) is 0.00338. The molecule has 3 N–H and O–H groups in total. The summed E-state index contributed by atoms with van der Waals surface area (Å²) in [6.45, 7) is 9.25. The lowest BCUT2D eigenvalue weighted by molar-refractivity contribution is -0.128. The third-order valence-corrected chi connectivity index (χ3v) is 2.62. The number of nitrogens with two attached hydrogens (primary N) is 1. The minimum Gasteiger partial charge on any atom is -0.379 e. The number of hydrogen-bond acceptors (Lipinski definition) is 4. The standard InChI is InChI=1S/C12H25N3O2/c1-12(2,3)9-10(13)8-11(16)14-15-4-6-17-7-5-15/h10H,4-9,13H2,1-3H3,(H,14,16). The number of hydrogen-bond donors (Lipinski definition) is 2. The summed E-state index contributed by atoms with van der Waals surface area (Å²) in [6.07, 6.45) is 1.23. The SMILES string of the molecule is CC(C)(C)CC(N)CC(=O)NN1CCOCC1. The van der Waals surface area contributed by atoms with Crippen LogP contribution in [0.3, 0.4) is 0 Å². The van der Waals surface area contributed by atoms with Crippen molar-refractivity contribution in [3.05, 3.63) is 0 Å². The highest BCUT2D eigenvalue weighted by molar-refractivity contribution is 5.76. The Bertz CT molecular complexity index is 245.